The lowest BCUT2D eigenvalue weighted by molar-refractivity contribution is -0.384. The summed E-state index contributed by atoms with van der Waals surface area (Å²) in [7, 11) is -7.22. The number of rotatable bonds is 9. The van der Waals surface area contributed by atoms with Crippen molar-refractivity contribution in [3.05, 3.63) is 39.9 Å². The minimum atomic E-state index is -7.55. The van der Waals surface area contributed by atoms with E-state index in [0.717, 1.165) is 0 Å². The molecule has 8 nitrogen and oxygen atoms in total. The van der Waals surface area contributed by atoms with Crippen molar-refractivity contribution < 1.29 is 62.8 Å². The number of benzene rings is 1. The van der Waals surface area contributed by atoms with Crippen molar-refractivity contribution in [1.29, 1.82) is 0 Å². The second-order valence-corrected chi connectivity index (χ2v) is 8.08. The standard InChI is InChI=1S/C14H11F9N2O6S/c1-7(10(26)27)24(6-8-2-4-9(5-3-8)25(28)29)32(30,31)14(22,23)12(17,18)11(15,16)13(19,20)21/h2-5,7H,6H2,1H3,(H,26,27). The molecule has 0 aliphatic carbocycles. The van der Waals surface area contributed by atoms with Gasteiger partial charge in [-0.2, -0.15) is 43.8 Å². The predicted octanol–water partition coefficient (Wildman–Crippen LogP) is 3.63. The van der Waals surface area contributed by atoms with E-state index in [1.807, 2.05) is 0 Å². The Labute approximate surface area is 172 Å². The van der Waals surface area contributed by atoms with E-state index in [2.05, 4.69) is 0 Å². The van der Waals surface area contributed by atoms with E-state index in [1.54, 1.807) is 0 Å². The second kappa shape index (κ2) is 8.38. The van der Waals surface area contributed by atoms with Crippen LogP contribution >= 0.6 is 0 Å². The van der Waals surface area contributed by atoms with Crippen molar-refractivity contribution in [2.75, 3.05) is 0 Å². The summed E-state index contributed by atoms with van der Waals surface area (Å²) in [5.74, 6) is -17.3. The van der Waals surface area contributed by atoms with Crippen LogP contribution in [0.4, 0.5) is 45.2 Å². The van der Waals surface area contributed by atoms with Crippen molar-refractivity contribution >= 4 is 21.7 Å². The highest BCUT2D eigenvalue weighted by molar-refractivity contribution is 7.90. The van der Waals surface area contributed by atoms with Crippen LogP contribution in [-0.4, -0.2) is 58.0 Å². The van der Waals surface area contributed by atoms with Gasteiger partial charge in [-0.3, -0.25) is 14.9 Å². The number of hydrogen-bond acceptors (Lipinski definition) is 5. The predicted molar refractivity (Wildman–Crippen MR) is 85.6 cm³/mol. The quantitative estimate of drug-likeness (QED) is 0.311. The van der Waals surface area contributed by atoms with Crippen LogP contribution in [-0.2, 0) is 21.4 Å². The van der Waals surface area contributed by atoms with Gasteiger partial charge < -0.3 is 5.11 Å². The highest BCUT2D eigenvalue weighted by atomic mass is 32.2. The summed E-state index contributed by atoms with van der Waals surface area (Å²) in [6.45, 7) is -1.20. The van der Waals surface area contributed by atoms with Crippen molar-refractivity contribution in [1.82, 2.24) is 4.31 Å². The Morgan fingerprint density at radius 3 is 1.81 bits per heavy atom. The summed E-state index contributed by atoms with van der Waals surface area (Å²) < 4.78 is 142. The zero-order valence-electron chi connectivity index (χ0n) is 15.3. The first-order chi connectivity index (χ1) is 14.1. The van der Waals surface area contributed by atoms with Crippen LogP contribution in [0.5, 0.6) is 0 Å². The fourth-order valence-electron chi connectivity index (χ4n) is 2.13. The van der Waals surface area contributed by atoms with Gasteiger partial charge in [0.2, 0.25) is 0 Å². The monoisotopic (exact) mass is 506 g/mol. The van der Waals surface area contributed by atoms with E-state index in [9.17, 15) is 62.8 Å². The lowest BCUT2D eigenvalue weighted by Crippen LogP contribution is -2.66. The Kier molecular flexibility index (Phi) is 7.17. The first-order valence-electron chi connectivity index (χ1n) is 7.80. The fourth-order valence-corrected chi connectivity index (χ4v) is 3.70. The van der Waals surface area contributed by atoms with Crippen molar-refractivity contribution in [2.24, 2.45) is 0 Å². The number of nitrogens with zero attached hydrogens (tertiary/aromatic N) is 2. The molecular formula is C14H11F9N2O6S. The number of hydrogen-bond donors (Lipinski definition) is 1. The van der Waals surface area contributed by atoms with Gasteiger partial charge in [-0.1, -0.05) is 12.1 Å². The van der Waals surface area contributed by atoms with Crippen LogP contribution in [0.15, 0.2) is 24.3 Å². The highest BCUT2D eigenvalue weighted by Crippen LogP contribution is 2.55. The normalized spacial score (nSPS) is 15.0. The summed E-state index contributed by atoms with van der Waals surface area (Å²) in [6, 6.07) is 0.0779. The zero-order valence-corrected chi connectivity index (χ0v) is 16.1. The average Bonchev–Trinajstić information content (AvgIpc) is 2.64. The Balaban J connectivity index is 3.60. The molecule has 0 amide bonds. The van der Waals surface area contributed by atoms with Crippen LogP contribution < -0.4 is 0 Å². The van der Waals surface area contributed by atoms with E-state index in [-0.39, 0.29) is 0 Å². The Hall–Kier alpha value is -2.63. The molecule has 182 valence electrons. The van der Waals surface area contributed by atoms with E-state index in [4.69, 9.17) is 5.11 Å². The number of aliphatic carboxylic acids is 1. The van der Waals surface area contributed by atoms with Gasteiger partial charge in [-0.05, 0) is 12.5 Å². The summed E-state index contributed by atoms with van der Waals surface area (Å²) in [4.78, 5) is 20.7. The molecule has 32 heavy (non-hydrogen) atoms. The molecule has 0 saturated carbocycles. The molecule has 0 aromatic heterocycles. The van der Waals surface area contributed by atoms with Gasteiger partial charge >= 0.3 is 29.2 Å². The van der Waals surface area contributed by atoms with Crippen molar-refractivity contribution in [3.8, 4) is 0 Å². The average molecular weight is 506 g/mol. The number of nitro benzene ring substituents is 1. The third kappa shape index (κ3) is 4.45. The molecule has 0 radical (unpaired) electrons. The van der Waals surface area contributed by atoms with E-state index in [0.29, 0.717) is 31.2 Å². The first kappa shape index (κ1) is 27.4. The smallest absolute Gasteiger partial charge is 0.460 e. The van der Waals surface area contributed by atoms with Crippen molar-refractivity contribution in [3.63, 3.8) is 0 Å². The van der Waals surface area contributed by atoms with Gasteiger partial charge in [0.1, 0.15) is 6.04 Å². The van der Waals surface area contributed by atoms with Crippen LogP contribution in [0.1, 0.15) is 12.5 Å². The number of non-ortho nitro benzene ring substituents is 1. The second-order valence-electron chi connectivity index (χ2n) is 6.15. The third-order valence-electron chi connectivity index (χ3n) is 4.02. The fraction of sp³-hybridized carbons (Fsp3) is 0.500. The van der Waals surface area contributed by atoms with Crippen LogP contribution in [0.25, 0.3) is 0 Å². The minimum absolute atomic E-state index is 0.349. The SMILES string of the molecule is CC(C(=O)O)N(Cc1ccc([N+](=O)[O-])cc1)S(=O)(=O)C(F)(F)C(F)(F)C(F)(F)C(F)(F)F. The van der Waals surface area contributed by atoms with Gasteiger partial charge in [0.05, 0.1) is 4.92 Å². The summed E-state index contributed by atoms with van der Waals surface area (Å²) in [5.41, 5.74) is -1.13. The lowest BCUT2D eigenvalue weighted by atomic mass is 10.1. The van der Waals surface area contributed by atoms with E-state index in [1.165, 1.54) is 0 Å². The molecule has 0 bridgehead atoms. The van der Waals surface area contributed by atoms with Crippen molar-refractivity contribution in [2.45, 2.75) is 42.8 Å². The van der Waals surface area contributed by atoms with Gasteiger partial charge in [0.25, 0.3) is 15.7 Å². The first-order valence-corrected chi connectivity index (χ1v) is 9.24. The number of carboxylic acids is 1. The molecule has 1 aromatic carbocycles. The molecular weight excluding hydrogens is 495 g/mol. The maximum Gasteiger partial charge on any atom is 0.460 e. The molecule has 1 unspecified atom stereocenters. The largest absolute Gasteiger partial charge is 0.480 e. The zero-order chi connectivity index (χ0) is 25.5. The Morgan fingerprint density at radius 1 is 1.03 bits per heavy atom. The minimum Gasteiger partial charge on any atom is -0.480 e. The van der Waals surface area contributed by atoms with Crippen LogP contribution in [0.3, 0.4) is 0 Å². The summed E-state index contributed by atoms with van der Waals surface area (Å²) in [5, 5.41) is 12.4. The topological polar surface area (TPSA) is 118 Å². The molecule has 0 spiro atoms. The molecule has 0 aliphatic rings. The summed E-state index contributed by atoms with van der Waals surface area (Å²) in [6.07, 6.45) is -7.29. The maximum absolute atomic E-state index is 14.1. The molecule has 0 fully saturated rings. The Morgan fingerprint density at radius 2 is 1.47 bits per heavy atom. The van der Waals surface area contributed by atoms with E-state index < -0.39 is 72.3 Å². The lowest BCUT2D eigenvalue weighted by Gasteiger charge is -2.36. The molecule has 1 rings (SSSR count). The maximum atomic E-state index is 14.1. The number of halogens is 9. The van der Waals surface area contributed by atoms with Gasteiger partial charge in [0, 0.05) is 18.7 Å². The third-order valence-corrected chi connectivity index (χ3v) is 5.99. The number of nitro groups is 1. The number of carbonyl (C=O) groups is 1. The van der Waals surface area contributed by atoms with Gasteiger partial charge in [0.15, 0.2) is 0 Å². The highest BCUT2D eigenvalue weighted by Gasteiger charge is 2.86. The molecule has 18 heteroatoms. The van der Waals surface area contributed by atoms with Gasteiger partial charge in [-0.25, -0.2) is 8.42 Å². The summed E-state index contributed by atoms with van der Waals surface area (Å²) >= 11 is 0. The Bertz CT molecular complexity index is 979. The van der Waals surface area contributed by atoms with Gasteiger partial charge in [-0.15, -0.1) is 0 Å². The number of sulfonamides is 1. The number of carboxylic acid groups (broad SMARTS) is 1. The van der Waals surface area contributed by atoms with Crippen LogP contribution in [0.2, 0.25) is 0 Å². The van der Waals surface area contributed by atoms with E-state index >= 15 is 0 Å². The molecule has 1 aromatic rings. The molecule has 1 N–H and O–H groups in total. The molecule has 1 atom stereocenters. The molecule has 0 heterocycles. The number of alkyl halides is 9. The van der Waals surface area contributed by atoms with Crippen LogP contribution in [0, 0.1) is 10.1 Å². The molecule has 0 aliphatic heterocycles. The molecule has 0 saturated heterocycles.